The number of amides is 2. The van der Waals surface area contributed by atoms with Gasteiger partial charge < -0.3 is 5.32 Å². The van der Waals surface area contributed by atoms with Crippen LogP contribution in [0.1, 0.15) is 5.56 Å². The molecule has 0 radical (unpaired) electrons. The van der Waals surface area contributed by atoms with Gasteiger partial charge in [-0.25, -0.2) is 4.90 Å². The van der Waals surface area contributed by atoms with E-state index in [4.69, 9.17) is 0 Å². The lowest BCUT2D eigenvalue weighted by Crippen LogP contribution is -2.32. The van der Waals surface area contributed by atoms with Crippen molar-refractivity contribution < 1.29 is 9.59 Å². The predicted molar refractivity (Wildman–Crippen MR) is 113 cm³/mol. The van der Waals surface area contributed by atoms with Gasteiger partial charge in [0.2, 0.25) is 0 Å². The van der Waals surface area contributed by atoms with E-state index in [1.807, 2.05) is 79.7 Å². The van der Waals surface area contributed by atoms with E-state index in [0.717, 1.165) is 16.1 Å². The zero-order valence-corrected chi connectivity index (χ0v) is 16.1. The number of para-hydroxylation sites is 1. The predicted octanol–water partition coefficient (Wildman–Crippen LogP) is 4.98. The van der Waals surface area contributed by atoms with Crippen molar-refractivity contribution in [2.75, 3.05) is 10.2 Å². The molecule has 5 heteroatoms. The maximum Gasteiger partial charge on any atom is 0.283 e. The van der Waals surface area contributed by atoms with Crippen LogP contribution in [0, 0.1) is 6.92 Å². The average Bonchev–Trinajstić information content (AvgIpc) is 2.93. The highest BCUT2D eigenvalue weighted by atomic mass is 32.2. The van der Waals surface area contributed by atoms with Gasteiger partial charge in [0.05, 0.1) is 5.69 Å². The first-order chi connectivity index (χ1) is 13.6. The van der Waals surface area contributed by atoms with Crippen LogP contribution in [0.3, 0.4) is 0 Å². The molecule has 0 aromatic heterocycles. The molecule has 0 bridgehead atoms. The molecule has 1 aliphatic rings. The van der Waals surface area contributed by atoms with E-state index >= 15 is 0 Å². The number of rotatable bonds is 5. The van der Waals surface area contributed by atoms with Gasteiger partial charge in [-0.1, -0.05) is 60.3 Å². The number of carbonyl (C=O) groups excluding carboxylic acids is 2. The van der Waals surface area contributed by atoms with Crippen molar-refractivity contribution in [3.8, 4) is 0 Å². The third-order valence-corrected chi connectivity index (χ3v) is 5.40. The number of hydrogen-bond donors (Lipinski definition) is 1. The molecule has 28 heavy (non-hydrogen) atoms. The third-order valence-electron chi connectivity index (χ3n) is 4.31. The second-order valence-electron chi connectivity index (χ2n) is 6.39. The fourth-order valence-electron chi connectivity index (χ4n) is 3.00. The Morgan fingerprint density at radius 3 is 2.14 bits per heavy atom. The van der Waals surface area contributed by atoms with Crippen LogP contribution in [0.2, 0.25) is 0 Å². The second kappa shape index (κ2) is 7.74. The fourth-order valence-corrected chi connectivity index (χ4v) is 3.95. The van der Waals surface area contributed by atoms with Crippen LogP contribution in [-0.2, 0) is 9.59 Å². The normalized spacial score (nSPS) is 14.0. The molecular weight excluding hydrogens is 368 g/mol. The summed E-state index contributed by atoms with van der Waals surface area (Å²) in [5.74, 6) is -0.670. The molecule has 138 valence electrons. The van der Waals surface area contributed by atoms with E-state index in [1.165, 1.54) is 16.7 Å². The van der Waals surface area contributed by atoms with Crippen LogP contribution in [0.15, 0.2) is 100 Å². The van der Waals surface area contributed by atoms with Crippen LogP contribution < -0.4 is 10.2 Å². The van der Waals surface area contributed by atoms with Crippen molar-refractivity contribution in [1.82, 2.24) is 0 Å². The monoisotopic (exact) mass is 386 g/mol. The Labute approximate surface area is 167 Å². The van der Waals surface area contributed by atoms with Crippen molar-refractivity contribution >= 4 is 35.0 Å². The number of imide groups is 1. The highest BCUT2D eigenvalue weighted by Gasteiger charge is 2.40. The average molecular weight is 386 g/mol. The van der Waals surface area contributed by atoms with Crippen LogP contribution in [0.25, 0.3) is 0 Å². The van der Waals surface area contributed by atoms with Crippen molar-refractivity contribution in [3.05, 3.63) is 101 Å². The fraction of sp³-hybridized carbons (Fsp3) is 0.0435. The molecule has 1 aliphatic heterocycles. The number of anilines is 2. The number of carbonyl (C=O) groups is 2. The number of nitrogens with one attached hydrogen (secondary N) is 1. The summed E-state index contributed by atoms with van der Waals surface area (Å²) in [5, 5.41) is 3.18. The molecule has 0 saturated carbocycles. The van der Waals surface area contributed by atoms with Crippen LogP contribution in [0.4, 0.5) is 11.4 Å². The standard InChI is InChI=1S/C23H18N2O2S/c1-16-9-8-10-17(15-16)24-20-21(28-19-13-6-3-7-14-19)23(27)25(22(20)26)18-11-4-2-5-12-18/h2-15,24H,1H3. The highest BCUT2D eigenvalue weighted by molar-refractivity contribution is 8.04. The first kappa shape index (κ1) is 18.1. The Morgan fingerprint density at radius 2 is 1.46 bits per heavy atom. The summed E-state index contributed by atoms with van der Waals surface area (Å²) in [6, 6.07) is 26.3. The first-order valence-electron chi connectivity index (χ1n) is 8.88. The van der Waals surface area contributed by atoms with E-state index < -0.39 is 0 Å². The summed E-state index contributed by atoms with van der Waals surface area (Å²) in [6.45, 7) is 1.98. The van der Waals surface area contributed by atoms with Gasteiger partial charge in [0.1, 0.15) is 10.6 Å². The molecule has 4 rings (SSSR count). The maximum atomic E-state index is 13.2. The van der Waals surface area contributed by atoms with Crippen LogP contribution in [0.5, 0.6) is 0 Å². The van der Waals surface area contributed by atoms with Gasteiger partial charge in [-0.2, -0.15) is 0 Å². The van der Waals surface area contributed by atoms with Gasteiger partial charge in [-0.05, 0) is 48.9 Å². The van der Waals surface area contributed by atoms with Gasteiger partial charge in [0, 0.05) is 10.6 Å². The SMILES string of the molecule is Cc1cccc(NC2=C(Sc3ccccc3)C(=O)N(c3ccccc3)C2=O)c1. The smallest absolute Gasteiger partial charge is 0.283 e. The summed E-state index contributed by atoms with van der Waals surface area (Å²) < 4.78 is 0. The Kier molecular flexibility index (Phi) is 5.00. The van der Waals surface area contributed by atoms with Crippen molar-refractivity contribution in [2.24, 2.45) is 0 Å². The molecule has 1 N–H and O–H groups in total. The van der Waals surface area contributed by atoms with E-state index in [9.17, 15) is 9.59 Å². The lowest BCUT2D eigenvalue weighted by Gasteiger charge is -2.15. The molecule has 3 aromatic carbocycles. The number of hydrogen-bond acceptors (Lipinski definition) is 4. The van der Waals surface area contributed by atoms with E-state index in [-0.39, 0.29) is 11.8 Å². The topological polar surface area (TPSA) is 49.4 Å². The quantitative estimate of drug-likeness (QED) is 0.628. The van der Waals surface area contributed by atoms with Gasteiger partial charge >= 0.3 is 0 Å². The third kappa shape index (κ3) is 3.57. The molecule has 0 aliphatic carbocycles. The number of thioether (sulfide) groups is 1. The van der Waals surface area contributed by atoms with Gasteiger partial charge in [-0.15, -0.1) is 0 Å². The van der Waals surface area contributed by atoms with E-state index in [0.29, 0.717) is 16.3 Å². The highest BCUT2D eigenvalue weighted by Crippen LogP contribution is 2.37. The van der Waals surface area contributed by atoms with Crippen LogP contribution >= 0.6 is 11.8 Å². The lowest BCUT2D eigenvalue weighted by atomic mass is 10.2. The largest absolute Gasteiger partial charge is 0.350 e. The van der Waals surface area contributed by atoms with Crippen molar-refractivity contribution in [1.29, 1.82) is 0 Å². The van der Waals surface area contributed by atoms with Gasteiger partial charge in [-0.3, -0.25) is 9.59 Å². The Balaban J connectivity index is 1.75. The minimum atomic E-state index is -0.351. The zero-order valence-electron chi connectivity index (χ0n) is 15.3. The van der Waals surface area contributed by atoms with Crippen molar-refractivity contribution in [2.45, 2.75) is 11.8 Å². The minimum Gasteiger partial charge on any atom is -0.350 e. The summed E-state index contributed by atoms with van der Waals surface area (Å²) in [4.78, 5) is 28.9. The molecule has 0 saturated heterocycles. The first-order valence-corrected chi connectivity index (χ1v) is 9.70. The molecule has 0 unspecified atom stereocenters. The Bertz CT molecular complexity index is 1060. The number of aryl methyl sites for hydroxylation is 1. The summed E-state index contributed by atoms with van der Waals surface area (Å²) in [6.07, 6.45) is 0. The van der Waals surface area contributed by atoms with E-state index in [1.54, 1.807) is 12.1 Å². The van der Waals surface area contributed by atoms with Crippen molar-refractivity contribution in [3.63, 3.8) is 0 Å². The lowest BCUT2D eigenvalue weighted by molar-refractivity contribution is -0.120. The molecule has 3 aromatic rings. The minimum absolute atomic E-state index is 0.299. The van der Waals surface area contributed by atoms with Gasteiger partial charge in [0.25, 0.3) is 11.8 Å². The number of benzene rings is 3. The molecule has 0 spiro atoms. The van der Waals surface area contributed by atoms with Gasteiger partial charge in [0.15, 0.2) is 0 Å². The Hall–Kier alpha value is -3.31. The second-order valence-corrected chi connectivity index (χ2v) is 7.48. The molecule has 0 atom stereocenters. The number of nitrogens with zero attached hydrogens (tertiary/aromatic N) is 1. The maximum absolute atomic E-state index is 13.2. The van der Waals surface area contributed by atoms with E-state index in [2.05, 4.69) is 5.32 Å². The summed E-state index contributed by atoms with van der Waals surface area (Å²) in [7, 11) is 0. The molecule has 2 amide bonds. The molecule has 0 fully saturated rings. The molecule has 1 heterocycles. The molecular formula is C23H18N2O2S. The molecule has 4 nitrogen and oxygen atoms in total. The zero-order chi connectivity index (χ0) is 19.5. The Morgan fingerprint density at radius 1 is 0.786 bits per heavy atom. The van der Waals surface area contributed by atoms with Crippen LogP contribution in [-0.4, -0.2) is 11.8 Å². The summed E-state index contributed by atoms with van der Waals surface area (Å²) in [5.41, 5.74) is 2.70. The summed E-state index contributed by atoms with van der Waals surface area (Å²) >= 11 is 1.30.